The summed E-state index contributed by atoms with van der Waals surface area (Å²) in [5.74, 6) is 2.91. The Bertz CT molecular complexity index is 545. The molecule has 2 rings (SSSR count). The Morgan fingerprint density at radius 3 is 2.38 bits per heavy atom. The van der Waals surface area contributed by atoms with Gasteiger partial charge in [0.25, 0.3) is 0 Å². The van der Waals surface area contributed by atoms with Crippen molar-refractivity contribution >= 4 is 0 Å². The van der Waals surface area contributed by atoms with Crippen LogP contribution in [0, 0.1) is 18.9 Å². The van der Waals surface area contributed by atoms with Crippen LogP contribution < -0.4 is 5.73 Å². The maximum absolute atomic E-state index is 5.26. The van der Waals surface area contributed by atoms with Gasteiger partial charge in [0, 0.05) is 11.6 Å². The molecule has 0 bridgehead atoms. The van der Waals surface area contributed by atoms with Crippen LogP contribution in [0.1, 0.15) is 11.1 Å². The highest BCUT2D eigenvalue weighted by Gasteiger charge is 2.03. The summed E-state index contributed by atoms with van der Waals surface area (Å²) >= 11 is 0. The average molecular weight is 207 g/mol. The van der Waals surface area contributed by atoms with E-state index in [1.165, 1.54) is 16.7 Å². The van der Waals surface area contributed by atoms with Crippen molar-refractivity contribution in [2.24, 2.45) is 5.73 Å². The maximum atomic E-state index is 5.26. The summed E-state index contributed by atoms with van der Waals surface area (Å²) in [5.41, 5.74) is 9.84. The minimum Gasteiger partial charge on any atom is -0.359 e. The predicted octanol–water partition coefficient (Wildman–Crippen LogP) is 2.93. The van der Waals surface area contributed by atoms with E-state index < -0.39 is 0 Å². The van der Waals surface area contributed by atoms with Crippen LogP contribution in [-0.4, -0.2) is 0 Å². The monoisotopic (exact) mass is 207 g/mol. The number of hydrogen-bond acceptors (Lipinski definition) is 1. The molecular formula is C15H13N. The van der Waals surface area contributed by atoms with Gasteiger partial charge in [0.15, 0.2) is 0 Å². The maximum Gasteiger partial charge on any atom is 0.0299 e. The molecule has 0 radical (unpaired) electrons. The van der Waals surface area contributed by atoms with Gasteiger partial charge in [-0.2, -0.15) is 0 Å². The molecule has 0 saturated heterocycles. The quantitative estimate of drug-likeness (QED) is 0.564. The lowest BCUT2D eigenvalue weighted by molar-refractivity contribution is 1.42. The van der Waals surface area contributed by atoms with Crippen LogP contribution in [0.15, 0.2) is 48.5 Å². The first-order chi connectivity index (χ1) is 7.83. The van der Waals surface area contributed by atoms with Crippen molar-refractivity contribution in [3.63, 3.8) is 0 Å². The number of rotatable bonds is 1. The van der Waals surface area contributed by atoms with Gasteiger partial charge in [0.05, 0.1) is 0 Å². The molecule has 0 aliphatic carbocycles. The van der Waals surface area contributed by atoms with E-state index >= 15 is 0 Å². The highest BCUT2D eigenvalue weighted by Crippen LogP contribution is 2.24. The summed E-state index contributed by atoms with van der Waals surface area (Å²) in [4.78, 5) is 0. The van der Waals surface area contributed by atoms with E-state index in [1.54, 1.807) is 0 Å². The Morgan fingerprint density at radius 2 is 1.69 bits per heavy atom. The van der Waals surface area contributed by atoms with Crippen molar-refractivity contribution in [1.29, 1.82) is 0 Å². The van der Waals surface area contributed by atoms with Gasteiger partial charge in [-0.3, -0.25) is 0 Å². The van der Waals surface area contributed by atoms with Crippen LogP contribution in [-0.2, 0) is 0 Å². The van der Waals surface area contributed by atoms with Crippen LogP contribution in [0.3, 0.4) is 0 Å². The van der Waals surface area contributed by atoms with E-state index in [1.807, 2.05) is 30.3 Å². The van der Waals surface area contributed by atoms with E-state index in [0.29, 0.717) is 0 Å². The van der Waals surface area contributed by atoms with Gasteiger partial charge in [0.1, 0.15) is 0 Å². The predicted molar refractivity (Wildman–Crippen MR) is 67.7 cm³/mol. The van der Waals surface area contributed by atoms with Crippen molar-refractivity contribution in [1.82, 2.24) is 0 Å². The van der Waals surface area contributed by atoms with Gasteiger partial charge in [-0.1, -0.05) is 42.5 Å². The zero-order valence-electron chi connectivity index (χ0n) is 9.20. The molecule has 0 aliphatic heterocycles. The molecule has 0 fully saturated rings. The second-order valence-corrected chi connectivity index (χ2v) is 3.61. The third-order valence-corrected chi connectivity index (χ3v) is 2.63. The molecule has 0 spiro atoms. The summed E-state index contributed by atoms with van der Waals surface area (Å²) in [7, 11) is 0. The van der Waals surface area contributed by atoms with Crippen LogP contribution in [0.4, 0.5) is 0 Å². The summed E-state index contributed by atoms with van der Waals surface area (Å²) in [6.45, 7) is 2.07. The minimum absolute atomic E-state index is 0.990. The normalized spacial score (nSPS) is 9.31. The lowest BCUT2D eigenvalue weighted by atomic mass is 9.97. The van der Waals surface area contributed by atoms with Crippen molar-refractivity contribution in [3.05, 3.63) is 59.7 Å². The smallest absolute Gasteiger partial charge is 0.0299 e. The van der Waals surface area contributed by atoms with Gasteiger partial charge in [0.2, 0.25) is 0 Å². The topological polar surface area (TPSA) is 26.0 Å². The molecule has 2 N–H and O–H groups in total. The van der Waals surface area contributed by atoms with E-state index in [0.717, 1.165) is 5.56 Å². The molecule has 78 valence electrons. The molecule has 0 unspecified atom stereocenters. The van der Waals surface area contributed by atoms with Crippen molar-refractivity contribution < 1.29 is 0 Å². The fourth-order valence-corrected chi connectivity index (χ4v) is 1.78. The molecular weight excluding hydrogens is 194 g/mol. The lowest BCUT2D eigenvalue weighted by Gasteiger charge is -2.07. The van der Waals surface area contributed by atoms with Crippen molar-refractivity contribution in [2.75, 3.05) is 0 Å². The lowest BCUT2D eigenvalue weighted by Crippen LogP contribution is -1.89. The molecule has 2 aromatic rings. The number of hydrogen-bond donors (Lipinski definition) is 1. The first-order valence-electron chi connectivity index (χ1n) is 5.19. The highest BCUT2D eigenvalue weighted by molar-refractivity contribution is 5.69. The largest absolute Gasteiger partial charge is 0.359 e. The zero-order chi connectivity index (χ0) is 11.4. The summed E-state index contributed by atoms with van der Waals surface area (Å²) in [6, 6.07) is 18.8. The van der Waals surface area contributed by atoms with E-state index in [4.69, 9.17) is 5.73 Å². The van der Waals surface area contributed by atoms with E-state index in [2.05, 4.69) is 37.1 Å². The average Bonchev–Trinajstić information content (AvgIpc) is 2.33. The van der Waals surface area contributed by atoms with Gasteiger partial charge in [-0.15, -0.1) is 0 Å². The van der Waals surface area contributed by atoms with Gasteiger partial charge in [-0.25, -0.2) is 0 Å². The molecule has 16 heavy (non-hydrogen) atoms. The van der Waals surface area contributed by atoms with Crippen LogP contribution >= 0.6 is 0 Å². The molecule has 0 heterocycles. The zero-order valence-corrected chi connectivity index (χ0v) is 9.20. The molecule has 0 atom stereocenters. The van der Waals surface area contributed by atoms with Gasteiger partial charge in [-0.05, 0) is 35.6 Å². The SMILES string of the molecule is Cc1c(C#CN)cccc1-c1ccccc1. The molecule has 0 saturated carbocycles. The third kappa shape index (κ3) is 1.92. The molecule has 2 aromatic carbocycles. The highest BCUT2D eigenvalue weighted by atomic mass is 14.5. The summed E-state index contributed by atoms with van der Waals surface area (Å²) in [6.07, 6.45) is 0. The van der Waals surface area contributed by atoms with Gasteiger partial charge < -0.3 is 5.73 Å². The second kappa shape index (κ2) is 4.55. The molecule has 1 heteroatoms. The minimum atomic E-state index is 0.990. The third-order valence-electron chi connectivity index (χ3n) is 2.63. The summed E-state index contributed by atoms with van der Waals surface area (Å²) in [5, 5.41) is 0. The van der Waals surface area contributed by atoms with E-state index in [-0.39, 0.29) is 0 Å². The summed E-state index contributed by atoms with van der Waals surface area (Å²) < 4.78 is 0. The van der Waals surface area contributed by atoms with Crippen LogP contribution in [0.25, 0.3) is 11.1 Å². The Kier molecular flexibility index (Phi) is 2.93. The number of nitrogens with two attached hydrogens (primary N) is 1. The van der Waals surface area contributed by atoms with Crippen molar-refractivity contribution in [3.8, 4) is 23.1 Å². The Morgan fingerprint density at radius 1 is 0.938 bits per heavy atom. The van der Waals surface area contributed by atoms with Gasteiger partial charge >= 0.3 is 0 Å². The fourth-order valence-electron chi connectivity index (χ4n) is 1.78. The van der Waals surface area contributed by atoms with E-state index in [9.17, 15) is 0 Å². The Labute approximate surface area is 95.9 Å². The van der Waals surface area contributed by atoms with Crippen molar-refractivity contribution in [2.45, 2.75) is 6.92 Å². The fraction of sp³-hybridized carbons (Fsp3) is 0.0667. The molecule has 0 aliphatic rings. The molecule has 0 aromatic heterocycles. The van der Waals surface area contributed by atoms with Crippen LogP contribution in [0.2, 0.25) is 0 Å². The molecule has 1 nitrogen and oxygen atoms in total. The second-order valence-electron chi connectivity index (χ2n) is 3.61. The first-order valence-corrected chi connectivity index (χ1v) is 5.19. The first kappa shape index (κ1) is 10.3. The molecule has 0 amide bonds. The standard InChI is InChI=1S/C15H13N/c1-12-13(10-11-16)8-5-9-15(12)14-6-3-2-4-7-14/h2-9H,16H2,1H3. The Hall–Kier alpha value is -2.20. The number of benzene rings is 2. The van der Waals surface area contributed by atoms with Crippen LogP contribution in [0.5, 0.6) is 0 Å². The Balaban J connectivity index is 2.57.